The summed E-state index contributed by atoms with van der Waals surface area (Å²) in [6.07, 6.45) is 3.17. The zero-order chi connectivity index (χ0) is 12.8. The molecule has 0 aliphatic rings. The summed E-state index contributed by atoms with van der Waals surface area (Å²) in [5.74, 6) is -0.476. The van der Waals surface area contributed by atoms with Crippen LogP contribution in [0.25, 0.3) is 0 Å². The Morgan fingerprint density at radius 2 is 1.76 bits per heavy atom. The van der Waals surface area contributed by atoms with Crippen LogP contribution in [0.15, 0.2) is 18.2 Å². The van der Waals surface area contributed by atoms with Crippen molar-refractivity contribution in [3.63, 3.8) is 0 Å². The Labute approximate surface area is 102 Å². The molecule has 0 aromatic heterocycles. The number of hydrogen-bond donors (Lipinski definition) is 1. The number of rotatable bonds is 6. The first-order valence-corrected chi connectivity index (χ1v) is 6.20. The molecule has 17 heavy (non-hydrogen) atoms. The molecule has 0 aliphatic heterocycles. The van der Waals surface area contributed by atoms with E-state index in [0.29, 0.717) is 11.5 Å². The van der Waals surface area contributed by atoms with Crippen molar-refractivity contribution in [2.45, 2.75) is 39.2 Å². The smallest absolute Gasteiger partial charge is 0.126 e. The highest BCUT2D eigenvalue weighted by atomic mass is 19.1. The van der Waals surface area contributed by atoms with E-state index in [-0.39, 0.29) is 6.04 Å². The van der Waals surface area contributed by atoms with Crippen molar-refractivity contribution in [3.05, 3.63) is 35.4 Å². The van der Waals surface area contributed by atoms with Gasteiger partial charge in [-0.25, -0.2) is 8.78 Å². The molecule has 0 heterocycles. The van der Waals surface area contributed by atoms with Gasteiger partial charge in [0.25, 0.3) is 0 Å². The van der Waals surface area contributed by atoms with Crippen LogP contribution in [0.2, 0.25) is 0 Å². The fourth-order valence-electron chi connectivity index (χ4n) is 2.21. The highest BCUT2D eigenvalue weighted by molar-refractivity contribution is 5.21. The van der Waals surface area contributed by atoms with E-state index in [2.05, 4.69) is 19.2 Å². The second-order valence-electron chi connectivity index (χ2n) is 4.67. The molecule has 1 nitrogen and oxygen atoms in total. The third-order valence-corrected chi connectivity index (χ3v) is 3.06. The van der Waals surface area contributed by atoms with E-state index in [9.17, 15) is 8.78 Å². The molecule has 0 saturated heterocycles. The monoisotopic (exact) mass is 241 g/mol. The van der Waals surface area contributed by atoms with Gasteiger partial charge in [0.2, 0.25) is 0 Å². The molecule has 2 unspecified atom stereocenters. The standard InChI is InChI=1S/C14H21F2N/c1-4-5-10(2)6-14(17-3)11-7-12(15)9-13(16)8-11/h7-10,14,17H,4-6H2,1-3H3. The topological polar surface area (TPSA) is 12.0 Å². The number of nitrogens with one attached hydrogen (secondary N) is 1. The van der Waals surface area contributed by atoms with E-state index in [1.54, 1.807) is 0 Å². The first kappa shape index (κ1) is 14.1. The molecular weight excluding hydrogens is 220 g/mol. The van der Waals surface area contributed by atoms with Gasteiger partial charge in [0.1, 0.15) is 11.6 Å². The van der Waals surface area contributed by atoms with Crippen molar-refractivity contribution >= 4 is 0 Å². The fourth-order valence-corrected chi connectivity index (χ4v) is 2.21. The van der Waals surface area contributed by atoms with Gasteiger partial charge in [0, 0.05) is 12.1 Å². The number of halogens is 2. The summed E-state index contributed by atoms with van der Waals surface area (Å²) in [5, 5.41) is 3.13. The van der Waals surface area contributed by atoms with Gasteiger partial charge in [-0.15, -0.1) is 0 Å². The maximum atomic E-state index is 13.1. The quantitative estimate of drug-likeness (QED) is 0.792. The van der Waals surface area contributed by atoms with E-state index < -0.39 is 11.6 Å². The average molecular weight is 241 g/mol. The minimum atomic E-state index is -0.511. The lowest BCUT2D eigenvalue weighted by Crippen LogP contribution is -2.19. The Hall–Kier alpha value is -0.960. The number of benzene rings is 1. The molecule has 1 rings (SSSR count). The van der Waals surface area contributed by atoms with E-state index in [1.165, 1.54) is 12.1 Å². The van der Waals surface area contributed by atoms with Crippen molar-refractivity contribution in [1.82, 2.24) is 5.32 Å². The minimum Gasteiger partial charge on any atom is -0.313 e. The first-order chi connectivity index (χ1) is 8.06. The predicted octanol–water partition coefficient (Wildman–Crippen LogP) is 4.05. The van der Waals surface area contributed by atoms with Crippen LogP contribution < -0.4 is 5.32 Å². The summed E-state index contributed by atoms with van der Waals surface area (Å²) in [5.41, 5.74) is 0.688. The third kappa shape index (κ3) is 4.43. The lowest BCUT2D eigenvalue weighted by atomic mass is 9.93. The van der Waals surface area contributed by atoms with Gasteiger partial charge in [-0.05, 0) is 37.1 Å². The van der Waals surface area contributed by atoms with Gasteiger partial charge in [-0.2, -0.15) is 0 Å². The van der Waals surface area contributed by atoms with Gasteiger partial charge in [0.15, 0.2) is 0 Å². The van der Waals surface area contributed by atoms with Crippen molar-refractivity contribution in [3.8, 4) is 0 Å². The van der Waals surface area contributed by atoms with Gasteiger partial charge in [0.05, 0.1) is 0 Å². The molecule has 96 valence electrons. The molecular formula is C14H21F2N. The molecule has 0 radical (unpaired) electrons. The Kier molecular flexibility index (Phi) is 5.56. The molecule has 1 N–H and O–H groups in total. The Morgan fingerprint density at radius 3 is 2.24 bits per heavy atom. The molecule has 1 aromatic rings. The molecule has 0 bridgehead atoms. The Morgan fingerprint density at radius 1 is 1.18 bits per heavy atom. The molecule has 2 atom stereocenters. The largest absolute Gasteiger partial charge is 0.313 e. The van der Waals surface area contributed by atoms with E-state index in [1.807, 2.05) is 7.05 Å². The molecule has 0 aliphatic carbocycles. The van der Waals surface area contributed by atoms with E-state index in [0.717, 1.165) is 25.3 Å². The van der Waals surface area contributed by atoms with Crippen LogP contribution in [0, 0.1) is 17.6 Å². The van der Waals surface area contributed by atoms with Gasteiger partial charge in [-0.3, -0.25) is 0 Å². The van der Waals surface area contributed by atoms with Crippen LogP contribution in [-0.2, 0) is 0 Å². The summed E-state index contributed by atoms with van der Waals surface area (Å²) in [7, 11) is 1.83. The predicted molar refractivity (Wildman–Crippen MR) is 66.8 cm³/mol. The highest BCUT2D eigenvalue weighted by Gasteiger charge is 2.14. The summed E-state index contributed by atoms with van der Waals surface area (Å²) < 4.78 is 26.3. The molecule has 0 saturated carbocycles. The van der Waals surface area contributed by atoms with Crippen LogP contribution in [-0.4, -0.2) is 7.05 Å². The zero-order valence-electron chi connectivity index (χ0n) is 10.8. The summed E-state index contributed by atoms with van der Waals surface area (Å²) in [6.45, 7) is 4.32. The van der Waals surface area contributed by atoms with Crippen LogP contribution in [0.3, 0.4) is 0 Å². The molecule has 0 amide bonds. The summed E-state index contributed by atoms with van der Waals surface area (Å²) >= 11 is 0. The average Bonchev–Trinajstić information content (AvgIpc) is 2.24. The molecule has 1 aromatic carbocycles. The van der Waals surface area contributed by atoms with Crippen LogP contribution in [0.5, 0.6) is 0 Å². The first-order valence-electron chi connectivity index (χ1n) is 6.20. The molecule has 0 fully saturated rings. The molecule has 3 heteroatoms. The van der Waals surface area contributed by atoms with Crippen molar-refractivity contribution in [2.24, 2.45) is 5.92 Å². The molecule has 0 spiro atoms. The normalized spacial score (nSPS) is 14.6. The number of hydrogen-bond acceptors (Lipinski definition) is 1. The maximum Gasteiger partial charge on any atom is 0.126 e. The van der Waals surface area contributed by atoms with Crippen molar-refractivity contribution in [2.75, 3.05) is 7.05 Å². The van der Waals surface area contributed by atoms with Gasteiger partial charge >= 0.3 is 0 Å². The fraction of sp³-hybridized carbons (Fsp3) is 0.571. The van der Waals surface area contributed by atoms with Gasteiger partial charge < -0.3 is 5.32 Å². The van der Waals surface area contributed by atoms with Crippen molar-refractivity contribution < 1.29 is 8.78 Å². The minimum absolute atomic E-state index is 0.0155. The third-order valence-electron chi connectivity index (χ3n) is 3.06. The highest BCUT2D eigenvalue weighted by Crippen LogP contribution is 2.24. The Bertz CT molecular complexity index is 332. The van der Waals surface area contributed by atoms with Gasteiger partial charge in [-0.1, -0.05) is 26.7 Å². The maximum absolute atomic E-state index is 13.1. The van der Waals surface area contributed by atoms with E-state index >= 15 is 0 Å². The Balaban J connectivity index is 2.78. The SMILES string of the molecule is CCCC(C)CC(NC)c1cc(F)cc(F)c1. The summed E-state index contributed by atoms with van der Waals surface area (Å²) in [6, 6.07) is 3.74. The summed E-state index contributed by atoms with van der Waals surface area (Å²) in [4.78, 5) is 0. The van der Waals surface area contributed by atoms with Crippen molar-refractivity contribution in [1.29, 1.82) is 0 Å². The lowest BCUT2D eigenvalue weighted by Gasteiger charge is -2.21. The second kappa shape index (κ2) is 6.70. The van der Waals surface area contributed by atoms with Crippen LogP contribution in [0.1, 0.15) is 44.7 Å². The van der Waals surface area contributed by atoms with Crippen LogP contribution >= 0.6 is 0 Å². The zero-order valence-corrected chi connectivity index (χ0v) is 10.8. The van der Waals surface area contributed by atoms with E-state index in [4.69, 9.17) is 0 Å². The van der Waals surface area contributed by atoms with Crippen LogP contribution in [0.4, 0.5) is 8.78 Å². The lowest BCUT2D eigenvalue weighted by molar-refractivity contribution is 0.404. The second-order valence-corrected chi connectivity index (χ2v) is 4.67.